The molecule has 0 aliphatic carbocycles. The highest BCUT2D eigenvalue weighted by molar-refractivity contribution is 5.69. The molecule has 0 fully saturated rings. The molecule has 0 aromatic carbocycles. The van der Waals surface area contributed by atoms with Gasteiger partial charge in [0.25, 0.3) is 5.56 Å². The number of nitrogens with one attached hydrogen (secondary N) is 1. The summed E-state index contributed by atoms with van der Waals surface area (Å²) in [7, 11) is 1.97. The molecule has 0 aliphatic rings. The van der Waals surface area contributed by atoms with Crippen molar-refractivity contribution >= 4 is 17.1 Å². The molecule has 7 heteroatoms. The molecule has 3 N–H and O–H groups in total. The molecule has 2 heterocycles. The largest absolute Gasteiger partial charge is 0.369 e. The fourth-order valence-corrected chi connectivity index (χ4v) is 1.44. The lowest BCUT2D eigenvalue weighted by atomic mass is 10.4. The van der Waals surface area contributed by atoms with E-state index >= 15 is 0 Å². The minimum atomic E-state index is -0.360. The summed E-state index contributed by atoms with van der Waals surface area (Å²) < 4.78 is 0. The highest BCUT2D eigenvalue weighted by Crippen LogP contribution is 2.04. The Hall–Kier alpha value is -2.02. The quantitative estimate of drug-likeness (QED) is 0.759. The first-order chi connectivity index (χ1) is 8.10. The number of rotatable bonds is 3. The monoisotopic (exact) mass is 234 g/mol. The van der Waals surface area contributed by atoms with Gasteiger partial charge in [-0.05, 0) is 13.6 Å². The molecule has 0 atom stereocenters. The van der Waals surface area contributed by atoms with Gasteiger partial charge in [-0.15, -0.1) is 0 Å². The molecule has 0 saturated carbocycles. The lowest BCUT2D eigenvalue weighted by molar-refractivity contribution is 0.341. The van der Waals surface area contributed by atoms with Gasteiger partial charge in [-0.2, -0.15) is 4.98 Å². The molecule has 2 aromatic heterocycles. The maximum atomic E-state index is 11.6. The van der Waals surface area contributed by atoms with Crippen LogP contribution in [0.1, 0.15) is 12.6 Å². The van der Waals surface area contributed by atoms with E-state index in [1.807, 2.05) is 14.0 Å². The summed E-state index contributed by atoms with van der Waals surface area (Å²) in [4.78, 5) is 28.3. The molecular formula is C10H14N6O. The van der Waals surface area contributed by atoms with Crippen molar-refractivity contribution in [3.8, 4) is 0 Å². The van der Waals surface area contributed by atoms with Gasteiger partial charge in [0, 0.05) is 6.54 Å². The fourth-order valence-electron chi connectivity index (χ4n) is 1.44. The predicted octanol–water partition coefficient (Wildman–Crippen LogP) is -0.253. The maximum Gasteiger partial charge on any atom is 0.280 e. The van der Waals surface area contributed by atoms with Gasteiger partial charge in [0.2, 0.25) is 5.95 Å². The first-order valence-corrected chi connectivity index (χ1v) is 5.30. The summed E-state index contributed by atoms with van der Waals surface area (Å²) in [5.41, 5.74) is 6.29. The molecule has 90 valence electrons. The van der Waals surface area contributed by atoms with Crippen molar-refractivity contribution in [1.82, 2.24) is 24.8 Å². The molecule has 2 aromatic rings. The van der Waals surface area contributed by atoms with Crippen molar-refractivity contribution in [3.05, 3.63) is 22.2 Å². The van der Waals surface area contributed by atoms with Gasteiger partial charge in [0.05, 0.1) is 11.9 Å². The Morgan fingerprint density at radius 3 is 2.94 bits per heavy atom. The van der Waals surface area contributed by atoms with E-state index in [1.165, 1.54) is 0 Å². The number of hydrogen-bond donors (Lipinski definition) is 2. The van der Waals surface area contributed by atoms with Crippen LogP contribution in [0.5, 0.6) is 0 Å². The first kappa shape index (κ1) is 11.5. The highest BCUT2D eigenvalue weighted by Gasteiger charge is 2.07. The second kappa shape index (κ2) is 4.46. The molecule has 17 heavy (non-hydrogen) atoms. The standard InChI is InChI=1S/C10H14N6O/c1-3-16(2)5-6-4-12-8-7(13-6)9(17)15-10(11)14-8/h4H,3,5H2,1-2H3,(H3,11,12,14,15,17). The van der Waals surface area contributed by atoms with Crippen LogP contribution in [0.3, 0.4) is 0 Å². The van der Waals surface area contributed by atoms with Gasteiger partial charge in [-0.3, -0.25) is 9.78 Å². The van der Waals surface area contributed by atoms with E-state index in [0.717, 1.165) is 12.2 Å². The summed E-state index contributed by atoms with van der Waals surface area (Å²) in [5, 5.41) is 0. The first-order valence-electron chi connectivity index (χ1n) is 5.30. The fraction of sp³-hybridized carbons (Fsp3) is 0.400. The SMILES string of the molecule is CCN(C)Cc1cnc2nc(N)[nH]c(=O)c2n1. The van der Waals surface area contributed by atoms with Crippen molar-refractivity contribution in [2.75, 3.05) is 19.3 Å². The average molecular weight is 234 g/mol. The summed E-state index contributed by atoms with van der Waals surface area (Å²) in [6, 6.07) is 0. The molecule has 2 rings (SSSR count). The van der Waals surface area contributed by atoms with Gasteiger partial charge in [0.15, 0.2) is 11.2 Å². The molecular weight excluding hydrogens is 220 g/mol. The third-order valence-electron chi connectivity index (χ3n) is 2.46. The third kappa shape index (κ3) is 2.39. The smallest absolute Gasteiger partial charge is 0.280 e. The normalized spacial score (nSPS) is 11.2. The lowest BCUT2D eigenvalue weighted by Crippen LogP contribution is -2.19. The van der Waals surface area contributed by atoms with E-state index in [1.54, 1.807) is 6.20 Å². The molecule has 0 unspecified atom stereocenters. The number of fused-ring (bicyclic) bond motifs is 1. The number of aromatic amines is 1. The number of hydrogen-bond acceptors (Lipinski definition) is 6. The van der Waals surface area contributed by atoms with Crippen LogP contribution in [0.15, 0.2) is 11.0 Å². The molecule has 0 radical (unpaired) electrons. The number of nitrogens with zero attached hydrogens (tertiary/aromatic N) is 4. The van der Waals surface area contributed by atoms with Crippen LogP contribution in [-0.4, -0.2) is 38.4 Å². The summed E-state index contributed by atoms with van der Waals surface area (Å²) >= 11 is 0. The molecule has 0 aliphatic heterocycles. The zero-order valence-electron chi connectivity index (χ0n) is 9.77. The second-order valence-electron chi connectivity index (χ2n) is 3.82. The average Bonchev–Trinajstić information content (AvgIpc) is 2.29. The van der Waals surface area contributed by atoms with Crippen LogP contribution in [0.25, 0.3) is 11.2 Å². The van der Waals surface area contributed by atoms with Crippen LogP contribution < -0.4 is 11.3 Å². The number of anilines is 1. The topological polar surface area (TPSA) is 101 Å². The minimum absolute atomic E-state index is 0.0511. The van der Waals surface area contributed by atoms with Gasteiger partial charge < -0.3 is 10.6 Å². The van der Waals surface area contributed by atoms with E-state index < -0.39 is 0 Å². The second-order valence-corrected chi connectivity index (χ2v) is 3.82. The van der Waals surface area contributed by atoms with E-state index in [-0.39, 0.29) is 22.7 Å². The van der Waals surface area contributed by atoms with Gasteiger partial charge in [-0.1, -0.05) is 6.92 Å². The van der Waals surface area contributed by atoms with Gasteiger partial charge >= 0.3 is 0 Å². The number of nitrogen functional groups attached to an aromatic ring is 1. The number of nitrogens with two attached hydrogens (primary N) is 1. The van der Waals surface area contributed by atoms with E-state index in [9.17, 15) is 4.79 Å². The Morgan fingerprint density at radius 1 is 1.47 bits per heavy atom. The van der Waals surface area contributed by atoms with Crippen LogP contribution in [-0.2, 0) is 6.54 Å². The number of aromatic nitrogens is 4. The zero-order valence-corrected chi connectivity index (χ0v) is 9.77. The van der Waals surface area contributed by atoms with Crippen LogP contribution in [0.4, 0.5) is 5.95 Å². The molecule has 7 nitrogen and oxygen atoms in total. The molecule has 0 saturated heterocycles. The van der Waals surface area contributed by atoms with Crippen LogP contribution >= 0.6 is 0 Å². The Kier molecular flexibility index (Phi) is 3.01. The summed E-state index contributed by atoms with van der Waals surface area (Å²) in [6.07, 6.45) is 1.61. The van der Waals surface area contributed by atoms with Gasteiger partial charge in [-0.25, -0.2) is 9.97 Å². The van der Waals surface area contributed by atoms with E-state index in [4.69, 9.17) is 5.73 Å². The van der Waals surface area contributed by atoms with E-state index in [2.05, 4.69) is 24.8 Å². The van der Waals surface area contributed by atoms with Crippen molar-refractivity contribution in [3.63, 3.8) is 0 Å². The number of H-pyrrole nitrogens is 1. The minimum Gasteiger partial charge on any atom is -0.369 e. The van der Waals surface area contributed by atoms with Crippen LogP contribution in [0, 0.1) is 0 Å². The summed E-state index contributed by atoms with van der Waals surface area (Å²) in [6.45, 7) is 3.59. The van der Waals surface area contributed by atoms with Crippen LogP contribution in [0.2, 0.25) is 0 Å². The van der Waals surface area contributed by atoms with Crippen molar-refractivity contribution in [2.45, 2.75) is 13.5 Å². The van der Waals surface area contributed by atoms with Crippen molar-refractivity contribution < 1.29 is 0 Å². The third-order valence-corrected chi connectivity index (χ3v) is 2.46. The molecule has 0 bridgehead atoms. The Morgan fingerprint density at radius 2 is 2.24 bits per heavy atom. The highest BCUT2D eigenvalue weighted by atomic mass is 16.1. The Balaban J connectivity index is 2.47. The van der Waals surface area contributed by atoms with Crippen molar-refractivity contribution in [2.24, 2.45) is 0 Å². The molecule has 0 amide bonds. The Labute approximate surface area is 97.7 Å². The predicted molar refractivity (Wildman–Crippen MR) is 64.4 cm³/mol. The van der Waals surface area contributed by atoms with Crippen molar-refractivity contribution in [1.29, 1.82) is 0 Å². The maximum absolute atomic E-state index is 11.6. The van der Waals surface area contributed by atoms with E-state index in [0.29, 0.717) is 6.54 Å². The summed E-state index contributed by atoms with van der Waals surface area (Å²) in [5.74, 6) is 0.0511. The van der Waals surface area contributed by atoms with Gasteiger partial charge in [0.1, 0.15) is 0 Å². The Bertz CT molecular complexity index is 593. The molecule has 0 spiro atoms. The zero-order chi connectivity index (χ0) is 12.4. The lowest BCUT2D eigenvalue weighted by Gasteiger charge is -2.12.